The summed E-state index contributed by atoms with van der Waals surface area (Å²) in [6, 6.07) is 11.7. The summed E-state index contributed by atoms with van der Waals surface area (Å²) < 4.78 is 48.0. The summed E-state index contributed by atoms with van der Waals surface area (Å²) >= 11 is 0. The number of hydrogen-bond donors (Lipinski definition) is 2. The van der Waals surface area contributed by atoms with Crippen LogP contribution in [0, 0.1) is 0 Å². The fraction of sp³-hybridized carbons (Fsp3) is 0.435. The van der Waals surface area contributed by atoms with Gasteiger partial charge in [0.05, 0.1) is 18.1 Å². The molecule has 0 radical (unpaired) electrons. The number of sulfonamides is 1. The van der Waals surface area contributed by atoms with Crippen LogP contribution in [0.5, 0.6) is 17.2 Å². The van der Waals surface area contributed by atoms with Crippen LogP contribution in [0.4, 0.5) is 0 Å². The number of ether oxygens (including phenoxy) is 4. The maximum atomic E-state index is 12.7. The molecule has 2 aliphatic rings. The molecule has 1 fully saturated rings. The number of carbonyl (C=O) groups is 1. The van der Waals surface area contributed by atoms with Gasteiger partial charge in [-0.1, -0.05) is 12.1 Å². The standard InChI is InChI=1S/C23H28N2O8S/c26-18(15-31-19-4-7-21-22(13-19)33-16-32-21)14-24-23(27)8-3-17-1-5-20(6-2-17)34(28,29)25-9-11-30-12-10-25/h1-2,4-7,13,18,26H,3,8-12,14-16H2,(H,24,27). The summed E-state index contributed by atoms with van der Waals surface area (Å²) in [6.07, 6.45) is -0.210. The Kier molecular flexibility index (Phi) is 7.88. The van der Waals surface area contributed by atoms with Gasteiger partial charge in [-0.3, -0.25) is 4.79 Å². The van der Waals surface area contributed by atoms with E-state index in [1.807, 2.05) is 0 Å². The smallest absolute Gasteiger partial charge is 0.243 e. The molecule has 2 aromatic carbocycles. The highest BCUT2D eigenvalue weighted by molar-refractivity contribution is 7.89. The zero-order chi connectivity index (χ0) is 24.0. The molecule has 0 spiro atoms. The molecule has 184 valence electrons. The molecule has 1 unspecified atom stereocenters. The molecule has 1 amide bonds. The quantitative estimate of drug-likeness (QED) is 0.502. The molecule has 4 rings (SSSR count). The fourth-order valence-electron chi connectivity index (χ4n) is 3.56. The van der Waals surface area contributed by atoms with Gasteiger partial charge in [-0.05, 0) is 36.2 Å². The average molecular weight is 493 g/mol. The molecular weight excluding hydrogens is 464 g/mol. The number of nitrogens with one attached hydrogen (secondary N) is 1. The van der Waals surface area contributed by atoms with Crippen molar-refractivity contribution in [3.05, 3.63) is 48.0 Å². The van der Waals surface area contributed by atoms with Crippen LogP contribution in [0.25, 0.3) is 0 Å². The number of aryl methyl sites for hydroxylation is 1. The van der Waals surface area contributed by atoms with Crippen LogP contribution in [0.3, 0.4) is 0 Å². The predicted octanol–water partition coefficient (Wildman–Crippen LogP) is 0.925. The van der Waals surface area contributed by atoms with Crippen molar-refractivity contribution in [3.63, 3.8) is 0 Å². The van der Waals surface area contributed by atoms with Gasteiger partial charge in [0.15, 0.2) is 11.5 Å². The van der Waals surface area contributed by atoms with Crippen LogP contribution in [0.1, 0.15) is 12.0 Å². The van der Waals surface area contributed by atoms with Crippen LogP contribution < -0.4 is 19.5 Å². The van der Waals surface area contributed by atoms with E-state index in [0.29, 0.717) is 50.0 Å². The summed E-state index contributed by atoms with van der Waals surface area (Å²) in [5, 5.41) is 12.8. The van der Waals surface area contributed by atoms with Crippen molar-refractivity contribution in [2.24, 2.45) is 0 Å². The Balaban J connectivity index is 1.17. The first-order valence-electron chi connectivity index (χ1n) is 11.1. The topological polar surface area (TPSA) is 124 Å². The van der Waals surface area contributed by atoms with Gasteiger partial charge >= 0.3 is 0 Å². The van der Waals surface area contributed by atoms with E-state index >= 15 is 0 Å². The molecule has 2 N–H and O–H groups in total. The number of aliphatic hydroxyl groups is 1. The first kappa shape index (κ1) is 24.3. The molecule has 10 nitrogen and oxygen atoms in total. The van der Waals surface area contributed by atoms with Crippen molar-refractivity contribution in [1.29, 1.82) is 0 Å². The molecular formula is C23H28N2O8S. The zero-order valence-corrected chi connectivity index (χ0v) is 19.5. The third-order valence-electron chi connectivity index (χ3n) is 5.49. The largest absolute Gasteiger partial charge is 0.491 e. The van der Waals surface area contributed by atoms with Crippen molar-refractivity contribution < 1.29 is 37.3 Å². The van der Waals surface area contributed by atoms with E-state index in [1.165, 1.54) is 4.31 Å². The second-order valence-electron chi connectivity index (χ2n) is 7.94. The lowest BCUT2D eigenvalue weighted by Crippen LogP contribution is -2.40. The normalized spacial score (nSPS) is 16.7. The molecule has 2 aromatic rings. The van der Waals surface area contributed by atoms with Crippen LogP contribution in [-0.4, -0.2) is 76.1 Å². The Labute approximate surface area is 198 Å². The fourth-order valence-corrected chi connectivity index (χ4v) is 4.97. The summed E-state index contributed by atoms with van der Waals surface area (Å²) in [4.78, 5) is 12.4. The highest BCUT2D eigenvalue weighted by Crippen LogP contribution is 2.35. The number of fused-ring (bicyclic) bond motifs is 1. The summed E-state index contributed by atoms with van der Waals surface area (Å²) in [6.45, 7) is 1.72. The van der Waals surface area contributed by atoms with Crippen LogP contribution in [0.2, 0.25) is 0 Å². The second kappa shape index (κ2) is 11.0. The van der Waals surface area contributed by atoms with Gasteiger partial charge in [-0.2, -0.15) is 4.31 Å². The van der Waals surface area contributed by atoms with Gasteiger partial charge in [-0.25, -0.2) is 8.42 Å². The van der Waals surface area contributed by atoms with E-state index in [0.717, 1.165) is 5.56 Å². The van der Waals surface area contributed by atoms with Crippen molar-refractivity contribution in [1.82, 2.24) is 9.62 Å². The summed E-state index contributed by atoms with van der Waals surface area (Å²) in [7, 11) is -3.54. The molecule has 0 bridgehead atoms. The SMILES string of the molecule is O=C(CCc1ccc(S(=O)(=O)N2CCOCC2)cc1)NCC(O)COc1ccc2c(c1)OCO2. The molecule has 2 heterocycles. The first-order chi connectivity index (χ1) is 16.4. The summed E-state index contributed by atoms with van der Waals surface area (Å²) in [5.41, 5.74) is 0.850. The third-order valence-corrected chi connectivity index (χ3v) is 7.41. The second-order valence-corrected chi connectivity index (χ2v) is 9.88. The minimum absolute atomic E-state index is 0.0129. The molecule has 2 aliphatic heterocycles. The van der Waals surface area contributed by atoms with E-state index in [1.54, 1.807) is 42.5 Å². The van der Waals surface area contributed by atoms with E-state index in [9.17, 15) is 18.3 Å². The third kappa shape index (κ3) is 6.17. The lowest BCUT2D eigenvalue weighted by Gasteiger charge is -2.26. The predicted molar refractivity (Wildman–Crippen MR) is 121 cm³/mol. The molecule has 1 atom stereocenters. The highest BCUT2D eigenvalue weighted by Gasteiger charge is 2.26. The van der Waals surface area contributed by atoms with Gasteiger partial charge in [-0.15, -0.1) is 0 Å². The lowest BCUT2D eigenvalue weighted by molar-refractivity contribution is -0.121. The molecule has 0 saturated carbocycles. The first-order valence-corrected chi connectivity index (χ1v) is 12.5. The number of benzene rings is 2. The Hall–Kier alpha value is -2.86. The number of amides is 1. The maximum absolute atomic E-state index is 12.7. The Morgan fingerprint density at radius 1 is 1.09 bits per heavy atom. The van der Waals surface area contributed by atoms with E-state index in [4.69, 9.17) is 18.9 Å². The monoisotopic (exact) mass is 492 g/mol. The van der Waals surface area contributed by atoms with E-state index in [2.05, 4.69) is 5.32 Å². The van der Waals surface area contributed by atoms with Crippen molar-refractivity contribution >= 4 is 15.9 Å². The average Bonchev–Trinajstić information content (AvgIpc) is 3.34. The van der Waals surface area contributed by atoms with Crippen molar-refractivity contribution in [3.8, 4) is 17.2 Å². The van der Waals surface area contributed by atoms with Gasteiger partial charge in [0, 0.05) is 32.1 Å². The number of hydrogen-bond acceptors (Lipinski definition) is 8. The van der Waals surface area contributed by atoms with E-state index < -0.39 is 16.1 Å². The molecule has 11 heteroatoms. The number of aliphatic hydroxyl groups excluding tert-OH is 1. The Morgan fingerprint density at radius 3 is 2.59 bits per heavy atom. The number of carbonyl (C=O) groups excluding carboxylic acids is 1. The molecule has 0 aromatic heterocycles. The molecule has 34 heavy (non-hydrogen) atoms. The molecule has 0 aliphatic carbocycles. The van der Waals surface area contributed by atoms with E-state index in [-0.39, 0.29) is 37.2 Å². The Bertz CT molecular complexity index is 1080. The highest BCUT2D eigenvalue weighted by atomic mass is 32.2. The number of rotatable bonds is 10. The van der Waals surface area contributed by atoms with Gasteiger partial charge in [0.25, 0.3) is 0 Å². The van der Waals surface area contributed by atoms with Gasteiger partial charge < -0.3 is 29.4 Å². The van der Waals surface area contributed by atoms with Gasteiger partial charge in [0.2, 0.25) is 22.7 Å². The minimum Gasteiger partial charge on any atom is -0.491 e. The van der Waals surface area contributed by atoms with Crippen LogP contribution in [-0.2, 0) is 26.0 Å². The van der Waals surface area contributed by atoms with Crippen molar-refractivity contribution in [2.45, 2.75) is 23.8 Å². The Morgan fingerprint density at radius 2 is 1.82 bits per heavy atom. The van der Waals surface area contributed by atoms with Gasteiger partial charge in [0.1, 0.15) is 18.5 Å². The van der Waals surface area contributed by atoms with Crippen LogP contribution in [0.15, 0.2) is 47.4 Å². The lowest BCUT2D eigenvalue weighted by atomic mass is 10.1. The van der Waals surface area contributed by atoms with Crippen molar-refractivity contribution in [2.75, 3.05) is 46.2 Å². The molecule has 1 saturated heterocycles. The van der Waals surface area contributed by atoms with Crippen LogP contribution >= 0.6 is 0 Å². The number of nitrogens with zero attached hydrogens (tertiary/aromatic N) is 1. The minimum atomic E-state index is -3.54. The zero-order valence-electron chi connectivity index (χ0n) is 18.6. The summed E-state index contributed by atoms with van der Waals surface area (Å²) in [5.74, 6) is 1.56. The maximum Gasteiger partial charge on any atom is 0.243 e. The number of morpholine rings is 1.